The van der Waals surface area contributed by atoms with Crippen LogP contribution in [0, 0.1) is 18.3 Å². The fourth-order valence-corrected chi connectivity index (χ4v) is 3.80. The topological polar surface area (TPSA) is 49.1 Å². The van der Waals surface area contributed by atoms with Gasteiger partial charge in [-0.25, -0.2) is 0 Å². The van der Waals surface area contributed by atoms with Crippen LogP contribution in [-0.4, -0.2) is 18.1 Å². The Bertz CT molecular complexity index is 1130. The Labute approximate surface area is 172 Å². The highest BCUT2D eigenvalue weighted by atomic mass is 19.4. The quantitative estimate of drug-likeness (QED) is 0.560. The van der Waals surface area contributed by atoms with Crippen molar-refractivity contribution in [3.05, 3.63) is 64.8 Å². The van der Waals surface area contributed by atoms with E-state index in [1.54, 1.807) is 6.07 Å². The van der Waals surface area contributed by atoms with Gasteiger partial charge >= 0.3 is 6.18 Å². The van der Waals surface area contributed by atoms with E-state index in [-0.39, 0.29) is 17.9 Å². The number of ether oxygens (including phenoxy) is 1. The predicted octanol–water partition coefficient (Wildman–Crippen LogP) is 5.61. The number of aromatic nitrogens is 1. The van der Waals surface area contributed by atoms with Gasteiger partial charge in [-0.05, 0) is 55.7 Å². The highest BCUT2D eigenvalue weighted by molar-refractivity contribution is 5.92. The Morgan fingerprint density at radius 1 is 1.10 bits per heavy atom. The smallest absolute Gasteiger partial charge is 0.420 e. The van der Waals surface area contributed by atoms with Gasteiger partial charge < -0.3 is 9.64 Å². The summed E-state index contributed by atoms with van der Waals surface area (Å²) in [5.74, 6) is -0.295. The lowest BCUT2D eigenvalue weighted by molar-refractivity contribution is -0.139. The average molecular weight is 411 g/mol. The van der Waals surface area contributed by atoms with Crippen LogP contribution in [0.5, 0.6) is 5.75 Å². The number of hydrogen-bond acceptors (Lipinski definition) is 4. The second-order valence-electron chi connectivity index (χ2n) is 7.44. The summed E-state index contributed by atoms with van der Waals surface area (Å²) in [7, 11) is 0. The predicted molar refractivity (Wildman–Crippen MR) is 108 cm³/mol. The number of nitriles is 1. The molecule has 0 N–H and O–H groups in total. The van der Waals surface area contributed by atoms with E-state index in [1.807, 2.05) is 25.1 Å². The van der Waals surface area contributed by atoms with Crippen LogP contribution in [0.1, 0.15) is 35.2 Å². The van der Waals surface area contributed by atoms with E-state index >= 15 is 0 Å². The van der Waals surface area contributed by atoms with E-state index in [9.17, 15) is 13.2 Å². The number of anilines is 1. The zero-order valence-electron chi connectivity index (χ0n) is 16.5. The van der Waals surface area contributed by atoms with Crippen LogP contribution in [0.4, 0.5) is 18.9 Å². The summed E-state index contributed by atoms with van der Waals surface area (Å²) in [6.07, 6.45) is -2.27. The van der Waals surface area contributed by atoms with Gasteiger partial charge in [0.15, 0.2) is 0 Å². The molecule has 4 nitrogen and oxygen atoms in total. The van der Waals surface area contributed by atoms with E-state index in [2.05, 4.69) is 16.0 Å². The molecule has 0 atom stereocenters. The summed E-state index contributed by atoms with van der Waals surface area (Å²) in [5.41, 5.74) is 2.56. The maximum Gasteiger partial charge on any atom is 0.420 e. The van der Waals surface area contributed by atoms with Crippen molar-refractivity contribution in [1.82, 2.24) is 4.98 Å². The van der Waals surface area contributed by atoms with Crippen LogP contribution in [0.15, 0.2) is 42.5 Å². The van der Waals surface area contributed by atoms with E-state index in [1.165, 1.54) is 25.0 Å². The number of benzene rings is 2. The van der Waals surface area contributed by atoms with Gasteiger partial charge in [0.2, 0.25) is 0 Å². The minimum absolute atomic E-state index is 0.0282. The number of nitrogens with zero attached hydrogens (tertiary/aromatic N) is 3. The lowest BCUT2D eigenvalue weighted by atomic mass is 10.1. The molecule has 154 valence electrons. The summed E-state index contributed by atoms with van der Waals surface area (Å²) < 4.78 is 45.5. The van der Waals surface area contributed by atoms with Gasteiger partial charge in [-0.2, -0.15) is 18.4 Å². The summed E-state index contributed by atoms with van der Waals surface area (Å²) in [6.45, 7) is 3.94. The van der Waals surface area contributed by atoms with Crippen LogP contribution in [0.3, 0.4) is 0 Å². The van der Waals surface area contributed by atoms with Crippen molar-refractivity contribution in [1.29, 1.82) is 5.26 Å². The lowest BCUT2D eigenvalue weighted by Gasteiger charge is -2.20. The van der Waals surface area contributed by atoms with Gasteiger partial charge in [-0.15, -0.1) is 0 Å². The van der Waals surface area contributed by atoms with Crippen molar-refractivity contribution in [2.24, 2.45) is 0 Å². The molecule has 0 aliphatic carbocycles. The first kappa shape index (κ1) is 20.0. The van der Waals surface area contributed by atoms with Crippen molar-refractivity contribution >= 4 is 16.6 Å². The van der Waals surface area contributed by atoms with Gasteiger partial charge in [0.25, 0.3) is 0 Å². The molecule has 1 saturated heterocycles. The van der Waals surface area contributed by atoms with E-state index in [4.69, 9.17) is 10.00 Å². The molecule has 1 aromatic heterocycles. The van der Waals surface area contributed by atoms with Crippen molar-refractivity contribution in [3.63, 3.8) is 0 Å². The van der Waals surface area contributed by atoms with E-state index in [0.717, 1.165) is 47.0 Å². The summed E-state index contributed by atoms with van der Waals surface area (Å²) in [4.78, 5) is 6.95. The highest BCUT2D eigenvalue weighted by Crippen LogP contribution is 2.37. The molecule has 0 radical (unpaired) electrons. The van der Waals surface area contributed by atoms with E-state index < -0.39 is 11.7 Å². The first-order valence-electron chi connectivity index (χ1n) is 9.74. The normalized spacial score (nSPS) is 14.2. The standard InChI is InChI=1S/C23H20F3N3O/c1-15-10-21(29-8-2-3-9-29)18-6-4-17(12-20(18)28-15)14-30-22-7-5-16(13-27)11-19(22)23(24,25)26/h4-7,10-12H,2-3,8-9,14H2,1H3. The summed E-state index contributed by atoms with van der Waals surface area (Å²) in [6, 6.07) is 12.8. The molecular weight excluding hydrogens is 391 g/mol. The van der Waals surface area contributed by atoms with Crippen molar-refractivity contribution in [3.8, 4) is 11.8 Å². The van der Waals surface area contributed by atoms with Crippen molar-refractivity contribution in [2.75, 3.05) is 18.0 Å². The largest absolute Gasteiger partial charge is 0.488 e. The van der Waals surface area contributed by atoms with Crippen LogP contribution < -0.4 is 9.64 Å². The zero-order chi connectivity index (χ0) is 21.3. The number of aryl methyl sites for hydroxylation is 1. The second-order valence-corrected chi connectivity index (χ2v) is 7.44. The highest BCUT2D eigenvalue weighted by Gasteiger charge is 2.34. The summed E-state index contributed by atoms with van der Waals surface area (Å²) >= 11 is 0. The molecule has 1 aliphatic heterocycles. The Morgan fingerprint density at radius 2 is 1.87 bits per heavy atom. The van der Waals surface area contributed by atoms with Crippen LogP contribution in [0.2, 0.25) is 0 Å². The number of hydrogen-bond donors (Lipinski definition) is 0. The number of rotatable bonds is 4. The molecule has 2 heterocycles. The van der Waals surface area contributed by atoms with Gasteiger partial charge in [0, 0.05) is 29.9 Å². The third kappa shape index (κ3) is 4.04. The Kier molecular flexibility index (Phi) is 5.25. The minimum Gasteiger partial charge on any atom is -0.488 e. The number of alkyl halides is 3. The Morgan fingerprint density at radius 3 is 2.57 bits per heavy atom. The zero-order valence-corrected chi connectivity index (χ0v) is 16.5. The molecule has 0 unspecified atom stereocenters. The average Bonchev–Trinajstić information content (AvgIpc) is 3.25. The van der Waals surface area contributed by atoms with Gasteiger partial charge in [0.1, 0.15) is 12.4 Å². The Hall–Kier alpha value is -3.27. The third-order valence-electron chi connectivity index (χ3n) is 5.24. The molecule has 0 spiro atoms. The number of halogens is 3. The van der Waals surface area contributed by atoms with Crippen LogP contribution >= 0.6 is 0 Å². The molecule has 1 aliphatic rings. The lowest BCUT2D eigenvalue weighted by Crippen LogP contribution is -2.18. The van der Waals surface area contributed by atoms with Crippen LogP contribution in [-0.2, 0) is 12.8 Å². The molecule has 0 bridgehead atoms. The number of fused-ring (bicyclic) bond motifs is 1. The van der Waals surface area contributed by atoms with Gasteiger partial charge in [0.05, 0.1) is 22.7 Å². The van der Waals surface area contributed by atoms with Gasteiger partial charge in [-0.1, -0.05) is 12.1 Å². The third-order valence-corrected chi connectivity index (χ3v) is 5.24. The molecule has 0 saturated carbocycles. The number of pyridine rings is 1. The van der Waals surface area contributed by atoms with Crippen molar-refractivity contribution < 1.29 is 17.9 Å². The monoisotopic (exact) mass is 411 g/mol. The molecule has 3 aromatic rings. The fourth-order valence-electron chi connectivity index (χ4n) is 3.80. The van der Waals surface area contributed by atoms with Crippen LogP contribution in [0.25, 0.3) is 10.9 Å². The maximum absolute atomic E-state index is 13.3. The van der Waals surface area contributed by atoms with E-state index in [0.29, 0.717) is 0 Å². The minimum atomic E-state index is -4.60. The Balaban J connectivity index is 1.62. The molecule has 7 heteroatoms. The SMILES string of the molecule is Cc1cc(N2CCCC2)c2ccc(COc3ccc(C#N)cc3C(F)(F)F)cc2n1. The fraction of sp³-hybridized carbons (Fsp3) is 0.304. The molecular formula is C23H20F3N3O. The molecule has 30 heavy (non-hydrogen) atoms. The maximum atomic E-state index is 13.3. The first-order valence-corrected chi connectivity index (χ1v) is 9.74. The molecule has 1 fully saturated rings. The van der Waals surface area contributed by atoms with Gasteiger partial charge in [-0.3, -0.25) is 4.98 Å². The molecule has 0 amide bonds. The summed E-state index contributed by atoms with van der Waals surface area (Å²) in [5, 5.41) is 9.91. The molecule has 4 rings (SSSR count). The molecule has 2 aromatic carbocycles. The first-order chi connectivity index (χ1) is 14.3. The van der Waals surface area contributed by atoms with Crippen molar-refractivity contribution in [2.45, 2.75) is 32.5 Å². The second kappa shape index (κ2) is 7.86.